The summed E-state index contributed by atoms with van der Waals surface area (Å²) >= 11 is 0. The molecule has 0 fully saturated rings. The molecule has 0 aliphatic rings. The molecule has 0 aliphatic carbocycles. The molecule has 2 heteroatoms. The maximum absolute atomic E-state index is 4.89. The van der Waals surface area contributed by atoms with Gasteiger partial charge in [0.1, 0.15) is 5.82 Å². The molecule has 4 rings (SSSR count). The Labute approximate surface area is 136 Å². The Morgan fingerprint density at radius 2 is 1.52 bits per heavy atom. The minimum atomic E-state index is 0.985. The highest BCUT2D eigenvalue weighted by Gasteiger charge is 2.15. The molecule has 0 bridgehead atoms. The molecule has 2 nitrogen and oxygen atoms in total. The zero-order valence-electron chi connectivity index (χ0n) is 13.3. The van der Waals surface area contributed by atoms with E-state index in [4.69, 9.17) is 4.98 Å². The summed E-state index contributed by atoms with van der Waals surface area (Å²) in [6.07, 6.45) is 0. The van der Waals surface area contributed by atoms with Crippen LogP contribution in [0.5, 0.6) is 0 Å². The first-order valence-electron chi connectivity index (χ1n) is 7.84. The lowest BCUT2D eigenvalue weighted by Crippen LogP contribution is -2.00. The summed E-state index contributed by atoms with van der Waals surface area (Å²) in [6, 6.07) is 25.2. The van der Waals surface area contributed by atoms with E-state index in [0.29, 0.717) is 0 Å². The molecule has 1 aromatic heterocycles. The summed E-state index contributed by atoms with van der Waals surface area (Å²) < 4.78 is 2.26. The molecule has 0 aliphatic heterocycles. The van der Waals surface area contributed by atoms with Crippen LogP contribution in [0.15, 0.2) is 72.8 Å². The zero-order chi connectivity index (χ0) is 15.8. The van der Waals surface area contributed by atoms with Gasteiger partial charge in [-0.2, -0.15) is 0 Å². The highest BCUT2D eigenvalue weighted by atomic mass is 15.1. The Balaban J connectivity index is 2.08. The minimum absolute atomic E-state index is 0.985. The summed E-state index contributed by atoms with van der Waals surface area (Å²) in [5, 5.41) is 0. The van der Waals surface area contributed by atoms with Gasteiger partial charge in [0.2, 0.25) is 0 Å². The van der Waals surface area contributed by atoms with Crippen LogP contribution in [-0.4, -0.2) is 9.55 Å². The number of hydrogen-bond acceptors (Lipinski definition) is 1. The third-order valence-corrected chi connectivity index (χ3v) is 4.19. The number of imidazole rings is 1. The summed E-state index contributed by atoms with van der Waals surface area (Å²) in [6.45, 7) is 4.28. The van der Waals surface area contributed by atoms with E-state index in [1.54, 1.807) is 0 Å². The van der Waals surface area contributed by atoms with Gasteiger partial charge in [-0.25, -0.2) is 4.98 Å². The lowest BCUT2D eigenvalue weighted by molar-refractivity contribution is 1.08. The first kappa shape index (κ1) is 13.8. The number of hydrogen-bond donors (Lipinski definition) is 0. The summed E-state index contributed by atoms with van der Waals surface area (Å²) in [4.78, 5) is 4.89. The number of para-hydroxylation sites is 2. The summed E-state index contributed by atoms with van der Waals surface area (Å²) in [7, 11) is 0. The van der Waals surface area contributed by atoms with Crippen LogP contribution in [0.2, 0.25) is 0 Å². The van der Waals surface area contributed by atoms with Crippen molar-refractivity contribution in [2.24, 2.45) is 0 Å². The second-order valence-electron chi connectivity index (χ2n) is 5.92. The van der Waals surface area contributed by atoms with E-state index < -0.39 is 0 Å². The molecule has 0 saturated heterocycles. The number of aryl methyl sites for hydroxylation is 2. The van der Waals surface area contributed by atoms with E-state index >= 15 is 0 Å². The fourth-order valence-corrected chi connectivity index (χ4v) is 3.11. The van der Waals surface area contributed by atoms with Gasteiger partial charge in [0.25, 0.3) is 0 Å². The molecule has 0 atom stereocenters. The Hall–Kier alpha value is -2.87. The second kappa shape index (κ2) is 5.40. The van der Waals surface area contributed by atoms with E-state index in [2.05, 4.69) is 79.1 Å². The Bertz CT molecular complexity index is 981. The third-order valence-electron chi connectivity index (χ3n) is 4.19. The van der Waals surface area contributed by atoms with Gasteiger partial charge >= 0.3 is 0 Å². The van der Waals surface area contributed by atoms with Crippen molar-refractivity contribution in [2.45, 2.75) is 13.8 Å². The predicted molar refractivity (Wildman–Crippen MR) is 96.0 cm³/mol. The predicted octanol–water partition coefficient (Wildman–Crippen LogP) is 5.31. The topological polar surface area (TPSA) is 17.8 Å². The van der Waals surface area contributed by atoms with Crippen molar-refractivity contribution in [1.82, 2.24) is 9.55 Å². The van der Waals surface area contributed by atoms with Crippen molar-refractivity contribution < 1.29 is 0 Å². The fourth-order valence-electron chi connectivity index (χ4n) is 3.11. The van der Waals surface area contributed by atoms with Crippen molar-refractivity contribution in [3.05, 3.63) is 83.9 Å². The van der Waals surface area contributed by atoms with Crippen LogP contribution in [0, 0.1) is 13.8 Å². The Kier molecular flexibility index (Phi) is 3.23. The average molecular weight is 298 g/mol. The van der Waals surface area contributed by atoms with Crippen LogP contribution >= 0.6 is 0 Å². The largest absolute Gasteiger partial charge is 0.292 e. The maximum atomic E-state index is 4.89. The lowest BCUT2D eigenvalue weighted by atomic mass is 10.1. The smallest absolute Gasteiger partial charge is 0.145 e. The Morgan fingerprint density at radius 1 is 0.783 bits per heavy atom. The normalized spacial score (nSPS) is 11.0. The van der Waals surface area contributed by atoms with Gasteiger partial charge in [-0.05, 0) is 37.6 Å². The van der Waals surface area contributed by atoms with Gasteiger partial charge in [-0.15, -0.1) is 0 Å². The number of rotatable bonds is 2. The second-order valence-corrected chi connectivity index (χ2v) is 5.92. The minimum Gasteiger partial charge on any atom is -0.292 e. The highest BCUT2D eigenvalue weighted by Crippen LogP contribution is 2.30. The van der Waals surface area contributed by atoms with Crippen molar-refractivity contribution in [3.63, 3.8) is 0 Å². The maximum Gasteiger partial charge on any atom is 0.145 e. The van der Waals surface area contributed by atoms with Gasteiger partial charge in [0.05, 0.1) is 16.7 Å². The van der Waals surface area contributed by atoms with Crippen molar-refractivity contribution >= 4 is 11.0 Å². The molecule has 4 aromatic rings. The molecular weight excluding hydrogens is 280 g/mol. The first-order valence-corrected chi connectivity index (χ1v) is 7.84. The molecule has 1 heterocycles. The van der Waals surface area contributed by atoms with Crippen molar-refractivity contribution in [3.8, 4) is 17.1 Å². The highest BCUT2D eigenvalue weighted by molar-refractivity contribution is 5.83. The van der Waals surface area contributed by atoms with Gasteiger partial charge in [0.15, 0.2) is 0 Å². The first-order chi connectivity index (χ1) is 11.2. The number of nitrogens with zero attached hydrogens (tertiary/aromatic N) is 2. The third kappa shape index (κ3) is 2.33. The molecule has 0 amide bonds. The number of benzene rings is 3. The molecule has 3 aromatic carbocycles. The van der Waals surface area contributed by atoms with Crippen molar-refractivity contribution in [1.29, 1.82) is 0 Å². The zero-order valence-corrected chi connectivity index (χ0v) is 13.3. The molecule has 0 saturated carbocycles. The molecule has 0 radical (unpaired) electrons. The molecule has 0 unspecified atom stereocenters. The van der Waals surface area contributed by atoms with Crippen LogP contribution in [-0.2, 0) is 0 Å². The quantitative estimate of drug-likeness (QED) is 0.490. The SMILES string of the molecule is Cc1ccc(-n2c(-c3ccccc3)nc3ccccc32)c(C)c1. The van der Waals surface area contributed by atoms with Crippen LogP contribution in [0.25, 0.3) is 28.1 Å². The van der Waals surface area contributed by atoms with Crippen LogP contribution in [0.4, 0.5) is 0 Å². The average Bonchev–Trinajstić information content (AvgIpc) is 2.95. The fraction of sp³-hybridized carbons (Fsp3) is 0.0952. The van der Waals surface area contributed by atoms with Gasteiger partial charge in [-0.1, -0.05) is 60.2 Å². The van der Waals surface area contributed by atoms with E-state index in [0.717, 1.165) is 22.4 Å². The summed E-state index contributed by atoms with van der Waals surface area (Å²) in [5.74, 6) is 0.985. The number of fused-ring (bicyclic) bond motifs is 1. The lowest BCUT2D eigenvalue weighted by Gasteiger charge is -2.13. The van der Waals surface area contributed by atoms with Gasteiger partial charge < -0.3 is 0 Å². The molecular formula is C21H18N2. The number of aromatic nitrogens is 2. The van der Waals surface area contributed by atoms with Crippen LogP contribution in [0.3, 0.4) is 0 Å². The monoisotopic (exact) mass is 298 g/mol. The van der Waals surface area contributed by atoms with E-state index in [9.17, 15) is 0 Å². The van der Waals surface area contributed by atoms with E-state index in [-0.39, 0.29) is 0 Å². The van der Waals surface area contributed by atoms with Gasteiger partial charge in [0, 0.05) is 5.56 Å². The van der Waals surface area contributed by atoms with Crippen LogP contribution < -0.4 is 0 Å². The Morgan fingerprint density at radius 3 is 2.30 bits per heavy atom. The van der Waals surface area contributed by atoms with E-state index in [1.807, 2.05) is 12.1 Å². The standard InChI is InChI=1S/C21H18N2/c1-15-12-13-19(16(2)14-15)23-20-11-7-6-10-18(20)22-21(23)17-8-4-3-5-9-17/h3-14H,1-2H3. The molecule has 23 heavy (non-hydrogen) atoms. The van der Waals surface area contributed by atoms with Crippen LogP contribution in [0.1, 0.15) is 11.1 Å². The molecule has 0 N–H and O–H groups in total. The van der Waals surface area contributed by atoms with Crippen molar-refractivity contribution in [2.75, 3.05) is 0 Å². The molecule has 112 valence electrons. The van der Waals surface area contributed by atoms with Gasteiger partial charge in [-0.3, -0.25) is 4.57 Å². The summed E-state index contributed by atoms with van der Waals surface area (Å²) in [5.41, 5.74) is 7.00. The van der Waals surface area contributed by atoms with E-state index in [1.165, 1.54) is 16.8 Å². The molecule has 0 spiro atoms.